The van der Waals surface area contributed by atoms with Gasteiger partial charge >= 0.3 is 5.97 Å². The molecule has 41 heavy (non-hydrogen) atoms. The molecule has 218 valence electrons. The topological polar surface area (TPSA) is 96.4 Å². The summed E-state index contributed by atoms with van der Waals surface area (Å²) in [6, 6.07) is 12.0. The van der Waals surface area contributed by atoms with Crippen LogP contribution in [0.4, 0.5) is 5.69 Å². The number of aliphatic hydroxyl groups excluding tert-OH is 1. The molecule has 0 aromatic heterocycles. The van der Waals surface area contributed by atoms with E-state index in [0.29, 0.717) is 18.5 Å². The van der Waals surface area contributed by atoms with Crippen LogP contribution in [0.25, 0.3) is 10.8 Å². The molecule has 1 spiro atoms. The van der Waals surface area contributed by atoms with Gasteiger partial charge in [0.1, 0.15) is 18.2 Å². The molecule has 3 unspecified atom stereocenters. The number of rotatable bonds is 11. The van der Waals surface area contributed by atoms with Gasteiger partial charge in [-0.2, -0.15) is 0 Å². The van der Waals surface area contributed by atoms with Gasteiger partial charge in [-0.05, 0) is 41.7 Å². The van der Waals surface area contributed by atoms with Crippen molar-refractivity contribution in [3.63, 3.8) is 0 Å². The van der Waals surface area contributed by atoms with Crippen LogP contribution in [-0.2, 0) is 23.9 Å². The maximum Gasteiger partial charge on any atom is 0.312 e. The number of fused-ring (bicyclic) bond motifs is 2. The summed E-state index contributed by atoms with van der Waals surface area (Å²) in [7, 11) is 0. The summed E-state index contributed by atoms with van der Waals surface area (Å²) in [4.78, 5) is 45.3. The van der Waals surface area contributed by atoms with Crippen molar-refractivity contribution in [1.29, 1.82) is 0 Å². The number of carbonyl (C=O) groups excluding carboxylic acids is 3. The van der Waals surface area contributed by atoms with E-state index in [9.17, 15) is 19.5 Å². The first-order valence-electron chi connectivity index (χ1n) is 14.1. The normalized spacial score (nSPS) is 29.0. The molecule has 9 heteroatoms. The lowest BCUT2D eigenvalue weighted by Crippen LogP contribution is -2.59. The van der Waals surface area contributed by atoms with Crippen LogP contribution in [0.5, 0.6) is 0 Å². The van der Waals surface area contributed by atoms with Crippen molar-refractivity contribution < 1.29 is 29.0 Å². The average molecular weight is 626 g/mol. The van der Waals surface area contributed by atoms with Gasteiger partial charge in [0.2, 0.25) is 5.91 Å². The summed E-state index contributed by atoms with van der Waals surface area (Å²) >= 11 is 3.68. The van der Waals surface area contributed by atoms with Gasteiger partial charge in [-0.25, -0.2) is 0 Å². The predicted octanol–water partition coefficient (Wildman–Crippen LogP) is 4.24. The van der Waals surface area contributed by atoms with E-state index in [1.807, 2.05) is 56.3 Å². The molecule has 5 rings (SSSR count). The van der Waals surface area contributed by atoms with Gasteiger partial charge in [0.05, 0.1) is 30.6 Å². The minimum atomic E-state index is -1.26. The average Bonchev–Trinajstić information content (AvgIpc) is 3.55. The molecule has 3 heterocycles. The predicted molar refractivity (Wildman–Crippen MR) is 161 cm³/mol. The van der Waals surface area contributed by atoms with Crippen LogP contribution in [0.1, 0.15) is 26.7 Å². The fourth-order valence-electron chi connectivity index (χ4n) is 7.01. The Bertz CT molecular complexity index is 1360. The van der Waals surface area contributed by atoms with Gasteiger partial charge in [-0.1, -0.05) is 78.8 Å². The van der Waals surface area contributed by atoms with E-state index in [1.54, 1.807) is 11.0 Å². The third-order valence-electron chi connectivity index (χ3n) is 8.55. The molecule has 0 saturated carbocycles. The van der Waals surface area contributed by atoms with E-state index in [0.717, 1.165) is 10.8 Å². The first kappa shape index (κ1) is 29.5. The molecule has 7 atom stereocenters. The third kappa shape index (κ3) is 4.91. The first-order valence-corrected chi connectivity index (χ1v) is 15.0. The van der Waals surface area contributed by atoms with Crippen LogP contribution in [-0.4, -0.2) is 76.2 Å². The number of halogens is 1. The SMILES string of the molecule is C=CCOC(=O)[C@H]1[C@H]2C(=O)N([C@@H](CO)CC(C)C)C(C(=O)N(CC=C)c3ccc4ccccc4c3)C23CC(Br)[C@@H]1O3. The Morgan fingerprint density at radius 1 is 1.22 bits per heavy atom. The van der Waals surface area contributed by atoms with Crippen molar-refractivity contribution in [2.45, 2.75) is 55.3 Å². The molecular formula is C32H37BrN2O6. The first-order chi connectivity index (χ1) is 19.7. The quantitative estimate of drug-likeness (QED) is 0.228. The number of hydrogen-bond acceptors (Lipinski definition) is 6. The number of nitrogens with zero attached hydrogens (tertiary/aromatic N) is 2. The Morgan fingerprint density at radius 3 is 2.61 bits per heavy atom. The number of alkyl halides is 1. The Labute approximate surface area is 249 Å². The van der Waals surface area contributed by atoms with E-state index in [-0.39, 0.29) is 42.3 Å². The van der Waals surface area contributed by atoms with Crippen molar-refractivity contribution in [1.82, 2.24) is 4.90 Å². The second-order valence-corrected chi connectivity index (χ2v) is 12.7. The number of hydrogen-bond donors (Lipinski definition) is 1. The molecule has 3 aliphatic rings. The minimum Gasteiger partial charge on any atom is -0.461 e. The van der Waals surface area contributed by atoms with Gasteiger partial charge in [-0.3, -0.25) is 14.4 Å². The highest BCUT2D eigenvalue weighted by Gasteiger charge is 2.77. The molecule has 0 radical (unpaired) electrons. The molecule has 8 nitrogen and oxygen atoms in total. The highest BCUT2D eigenvalue weighted by Crippen LogP contribution is 2.61. The van der Waals surface area contributed by atoms with Gasteiger partial charge < -0.3 is 24.4 Å². The fraction of sp³-hybridized carbons (Fsp3) is 0.469. The number of benzene rings is 2. The lowest BCUT2D eigenvalue weighted by atomic mass is 9.70. The van der Waals surface area contributed by atoms with Gasteiger partial charge in [-0.15, -0.1) is 6.58 Å². The molecule has 2 aromatic rings. The Morgan fingerprint density at radius 2 is 1.95 bits per heavy atom. The highest BCUT2D eigenvalue weighted by molar-refractivity contribution is 9.09. The van der Waals surface area contributed by atoms with E-state index in [1.165, 1.54) is 11.0 Å². The van der Waals surface area contributed by atoms with Crippen LogP contribution in [0, 0.1) is 17.8 Å². The zero-order chi connectivity index (χ0) is 29.5. The summed E-state index contributed by atoms with van der Waals surface area (Å²) in [5.41, 5.74) is -0.596. The summed E-state index contributed by atoms with van der Waals surface area (Å²) in [6.45, 7) is 11.4. The van der Waals surface area contributed by atoms with E-state index < -0.39 is 41.6 Å². The van der Waals surface area contributed by atoms with Gasteiger partial charge in [0, 0.05) is 17.1 Å². The van der Waals surface area contributed by atoms with Crippen molar-refractivity contribution in [2.75, 3.05) is 24.7 Å². The summed E-state index contributed by atoms with van der Waals surface area (Å²) in [6.07, 6.45) is 3.36. The second-order valence-electron chi connectivity index (χ2n) is 11.6. The number of anilines is 1. The van der Waals surface area contributed by atoms with Gasteiger partial charge in [0.25, 0.3) is 5.91 Å². The number of ether oxygens (including phenoxy) is 2. The monoisotopic (exact) mass is 624 g/mol. The maximum absolute atomic E-state index is 14.8. The van der Waals surface area contributed by atoms with Gasteiger partial charge in [0.15, 0.2) is 0 Å². The largest absolute Gasteiger partial charge is 0.461 e. The molecule has 2 aromatic carbocycles. The standard InChI is InChI=1S/C32H37BrN2O6/c1-5-13-34(22-12-11-20-9-7-8-10-21(20)16-22)30(38)28-32-17-24(33)27(41-32)25(31(39)40-14-6-2)26(32)29(37)35(28)23(18-36)15-19(3)4/h5-12,16,19,23-28,36H,1-2,13-15,17-18H2,3-4H3/t23-,24?,25+,26+,27+,28?,32?/m1/s1. The fourth-order valence-corrected chi connectivity index (χ4v) is 7.95. The summed E-state index contributed by atoms with van der Waals surface area (Å²) in [5, 5.41) is 12.5. The minimum absolute atomic E-state index is 0.0106. The van der Waals surface area contributed by atoms with E-state index in [2.05, 4.69) is 29.1 Å². The molecular weight excluding hydrogens is 588 g/mol. The molecule has 3 fully saturated rings. The van der Waals surface area contributed by atoms with Crippen molar-refractivity contribution in [3.8, 4) is 0 Å². The van der Waals surface area contributed by atoms with Crippen LogP contribution in [0.15, 0.2) is 67.8 Å². The lowest BCUT2D eigenvalue weighted by molar-refractivity contribution is -0.154. The molecule has 3 aliphatic heterocycles. The molecule has 2 amide bonds. The zero-order valence-corrected chi connectivity index (χ0v) is 25.0. The van der Waals surface area contributed by atoms with Crippen LogP contribution < -0.4 is 4.90 Å². The second kappa shape index (κ2) is 11.7. The lowest BCUT2D eigenvalue weighted by Gasteiger charge is -2.39. The number of aliphatic hydroxyl groups is 1. The Hall–Kier alpha value is -3.01. The zero-order valence-electron chi connectivity index (χ0n) is 23.4. The summed E-state index contributed by atoms with van der Waals surface area (Å²) < 4.78 is 12.0. The van der Waals surface area contributed by atoms with Crippen molar-refractivity contribution >= 4 is 50.2 Å². The Kier molecular flexibility index (Phi) is 8.41. The van der Waals surface area contributed by atoms with E-state index in [4.69, 9.17) is 9.47 Å². The smallest absolute Gasteiger partial charge is 0.312 e. The van der Waals surface area contributed by atoms with Crippen molar-refractivity contribution in [3.05, 3.63) is 67.8 Å². The molecule has 2 bridgehead atoms. The highest BCUT2D eigenvalue weighted by atomic mass is 79.9. The molecule has 0 aliphatic carbocycles. The maximum atomic E-state index is 14.8. The Balaban J connectivity index is 1.62. The van der Waals surface area contributed by atoms with Crippen LogP contribution in [0.2, 0.25) is 0 Å². The third-order valence-corrected chi connectivity index (χ3v) is 9.39. The molecule has 3 saturated heterocycles. The number of likely N-dealkylation sites (tertiary alicyclic amines) is 1. The number of amides is 2. The van der Waals surface area contributed by atoms with E-state index >= 15 is 0 Å². The summed E-state index contributed by atoms with van der Waals surface area (Å²) in [5.74, 6) is -2.88. The number of esters is 1. The van der Waals surface area contributed by atoms with Crippen LogP contribution in [0.3, 0.4) is 0 Å². The van der Waals surface area contributed by atoms with Crippen molar-refractivity contribution in [2.24, 2.45) is 17.8 Å². The molecule has 1 N–H and O–H groups in total. The van der Waals surface area contributed by atoms with Crippen LogP contribution >= 0.6 is 15.9 Å². The number of carbonyl (C=O) groups is 3.